The molecule has 2 N–H and O–H groups in total. The molecule has 0 aliphatic carbocycles. The van der Waals surface area contributed by atoms with Crippen LogP contribution in [0.2, 0.25) is 0 Å². The lowest BCUT2D eigenvalue weighted by Crippen LogP contribution is -2.22. The van der Waals surface area contributed by atoms with E-state index in [0.717, 1.165) is 12.5 Å². The minimum atomic E-state index is -4.40. The molecule has 0 amide bonds. The molecule has 1 aromatic carbocycles. The van der Waals surface area contributed by atoms with Gasteiger partial charge in [0, 0.05) is 6.61 Å². The van der Waals surface area contributed by atoms with Crippen LogP contribution in [0.1, 0.15) is 30.5 Å². The Kier molecular flexibility index (Phi) is 6.98. The molecule has 0 aliphatic heterocycles. The van der Waals surface area contributed by atoms with Crippen LogP contribution in [0.15, 0.2) is 24.3 Å². The molecule has 6 heteroatoms. The molecule has 1 rings (SSSR count). The predicted molar refractivity (Wildman–Crippen MR) is 70.3 cm³/mol. The van der Waals surface area contributed by atoms with Crippen molar-refractivity contribution in [3.63, 3.8) is 0 Å². The Balaban J connectivity index is 2.49. The van der Waals surface area contributed by atoms with E-state index in [1.165, 1.54) is 18.2 Å². The molecule has 114 valence electrons. The van der Waals surface area contributed by atoms with Gasteiger partial charge in [0.25, 0.3) is 0 Å². The summed E-state index contributed by atoms with van der Waals surface area (Å²) in [5, 5.41) is 0. The Labute approximate surface area is 116 Å². The first-order chi connectivity index (χ1) is 9.46. The van der Waals surface area contributed by atoms with Gasteiger partial charge in [0.05, 0.1) is 31.4 Å². The quantitative estimate of drug-likeness (QED) is 0.748. The molecule has 0 aromatic heterocycles. The third-order valence-corrected chi connectivity index (χ3v) is 2.68. The molecule has 1 unspecified atom stereocenters. The third kappa shape index (κ3) is 5.48. The lowest BCUT2D eigenvalue weighted by molar-refractivity contribution is -0.138. The van der Waals surface area contributed by atoms with Crippen LogP contribution in [0.5, 0.6) is 0 Å². The van der Waals surface area contributed by atoms with Crippen LogP contribution in [0.4, 0.5) is 13.2 Å². The highest BCUT2D eigenvalue weighted by Crippen LogP contribution is 2.33. The Morgan fingerprint density at radius 1 is 1.10 bits per heavy atom. The summed E-state index contributed by atoms with van der Waals surface area (Å²) in [5.74, 6) is 0. The van der Waals surface area contributed by atoms with Crippen LogP contribution in [-0.2, 0) is 15.7 Å². The fraction of sp³-hybridized carbons (Fsp3) is 0.571. The van der Waals surface area contributed by atoms with Gasteiger partial charge in [0.2, 0.25) is 0 Å². The van der Waals surface area contributed by atoms with Crippen molar-refractivity contribution in [3.05, 3.63) is 35.4 Å². The second-order valence-corrected chi connectivity index (χ2v) is 4.38. The van der Waals surface area contributed by atoms with Gasteiger partial charge in [-0.25, -0.2) is 0 Å². The number of ether oxygens (including phenoxy) is 2. The molecule has 0 fully saturated rings. The van der Waals surface area contributed by atoms with Crippen LogP contribution in [0, 0.1) is 0 Å². The van der Waals surface area contributed by atoms with Crippen LogP contribution in [0.25, 0.3) is 0 Å². The minimum Gasteiger partial charge on any atom is -0.379 e. The molecular weight excluding hydrogens is 271 g/mol. The zero-order chi connectivity index (χ0) is 15.0. The SMILES string of the molecule is CCCOCCOCC(N)c1ccccc1C(F)(F)F. The summed E-state index contributed by atoms with van der Waals surface area (Å²) in [6.45, 7) is 3.41. The van der Waals surface area contributed by atoms with E-state index >= 15 is 0 Å². The molecule has 1 atom stereocenters. The maximum Gasteiger partial charge on any atom is 0.416 e. The maximum absolute atomic E-state index is 12.8. The molecule has 0 aliphatic rings. The topological polar surface area (TPSA) is 44.5 Å². The summed E-state index contributed by atoms with van der Waals surface area (Å²) in [7, 11) is 0. The Hall–Kier alpha value is -1.11. The molecule has 0 spiro atoms. The number of nitrogens with two attached hydrogens (primary N) is 1. The van der Waals surface area contributed by atoms with Crippen LogP contribution in [0.3, 0.4) is 0 Å². The van der Waals surface area contributed by atoms with Gasteiger partial charge in [-0.1, -0.05) is 25.1 Å². The maximum atomic E-state index is 12.8. The van der Waals surface area contributed by atoms with Crippen molar-refractivity contribution in [1.82, 2.24) is 0 Å². The Morgan fingerprint density at radius 2 is 1.75 bits per heavy atom. The summed E-state index contributed by atoms with van der Waals surface area (Å²) >= 11 is 0. The van der Waals surface area contributed by atoms with Crippen molar-refractivity contribution in [2.24, 2.45) is 5.73 Å². The molecule has 0 saturated carbocycles. The first-order valence-corrected chi connectivity index (χ1v) is 6.54. The lowest BCUT2D eigenvalue weighted by atomic mass is 10.0. The van der Waals surface area contributed by atoms with E-state index in [2.05, 4.69) is 0 Å². The van der Waals surface area contributed by atoms with Gasteiger partial charge < -0.3 is 15.2 Å². The fourth-order valence-corrected chi connectivity index (χ4v) is 1.74. The van der Waals surface area contributed by atoms with Crippen LogP contribution in [-0.4, -0.2) is 26.4 Å². The number of hydrogen-bond acceptors (Lipinski definition) is 3. The summed E-state index contributed by atoms with van der Waals surface area (Å²) in [4.78, 5) is 0. The largest absolute Gasteiger partial charge is 0.416 e. The van der Waals surface area contributed by atoms with Crippen LogP contribution < -0.4 is 5.73 Å². The van der Waals surface area contributed by atoms with E-state index in [1.807, 2.05) is 6.92 Å². The van der Waals surface area contributed by atoms with Crippen molar-refractivity contribution in [1.29, 1.82) is 0 Å². The Morgan fingerprint density at radius 3 is 2.40 bits per heavy atom. The molecule has 3 nitrogen and oxygen atoms in total. The standard InChI is InChI=1S/C14H20F3NO2/c1-2-7-19-8-9-20-10-13(18)11-5-3-4-6-12(11)14(15,16)17/h3-6,13H,2,7-10,18H2,1H3. The van der Waals surface area contributed by atoms with Gasteiger partial charge >= 0.3 is 6.18 Å². The number of alkyl halides is 3. The van der Waals surface area contributed by atoms with Crippen LogP contribution >= 0.6 is 0 Å². The molecule has 0 heterocycles. The zero-order valence-electron chi connectivity index (χ0n) is 11.5. The van der Waals surface area contributed by atoms with Gasteiger partial charge in [-0.15, -0.1) is 0 Å². The average molecular weight is 291 g/mol. The molecule has 0 saturated heterocycles. The molecular formula is C14H20F3NO2. The summed E-state index contributed by atoms with van der Waals surface area (Å²) in [6.07, 6.45) is -3.49. The van der Waals surface area contributed by atoms with E-state index in [0.29, 0.717) is 19.8 Å². The number of benzene rings is 1. The van der Waals surface area contributed by atoms with Crippen molar-refractivity contribution in [3.8, 4) is 0 Å². The summed E-state index contributed by atoms with van der Waals surface area (Å²) < 4.78 is 48.9. The van der Waals surface area contributed by atoms with E-state index in [1.54, 1.807) is 0 Å². The van der Waals surface area contributed by atoms with E-state index in [9.17, 15) is 13.2 Å². The van der Waals surface area contributed by atoms with Crippen molar-refractivity contribution in [2.75, 3.05) is 26.4 Å². The predicted octanol–water partition coefficient (Wildman–Crippen LogP) is 3.15. The van der Waals surface area contributed by atoms with Crippen molar-refractivity contribution < 1.29 is 22.6 Å². The fourth-order valence-electron chi connectivity index (χ4n) is 1.74. The second-order valence-electron chi connectivity index (χ2n) is 4.38. The number of rotatable bonds is 8. The number of halogens is 3. The normalized spacial score (nSPS) is 13.4. The van der Waals surface area contributed by atoms with E-state index in [4.69, 9.17) is 15.2 Å². The third-order valence-electron chi connectivity index (χ3n) is 2.68. The van der Waals surface area contributed by atoms with Gasteiger partial charge in [0.15, 0.2) is 0 Å². The van der Waals surface area contributed by atoms with Gasteiger partial charge in [0.1, 0.15) is 0 Å². The highest BCUT2D eigenvalue weighted by Gasteiger charge is 2.34. The zero-order valence-corrected chi connectivity index (χ0v) is 11.5. The highest BCUT2D eigenvalue weighted by atomic mass is 19.4. The van der Waals surface area contributed by atoms with E-state index in [-0.39, 0.29) is 12.2 Å². The van der Waals surface area contributed by atoms with Crippen molar-refractivity contribution >= 4 is 0 Å². The minimum absolute atomic E-state index is 0.0303. The van der Waals surface area contributed by atoms with Gasteiger partial charge in [-0.2, -0.15) is 13.2 Å². The summed E-state index contributed by atoms with van der Waals surface area (Å²) in [6, 6.07) is 4.48. The van der Waals surface area contributed by atoms with Crippen molar-refractivity contribution in [2.45, 2.75) is 25.6 Å². The van der Waals surface area contributed by atoms with E-state index < -0.39 is 17.8 Å². The molecule has 0 radical (unpaired) electrons. The summed E-state index contributed by atoms with van der Waals surface area (Å²) in [5.41, 5.74) is 5.11. The Bertz CT molecular complexity index is 396. The second kappa shape index (κ2) is 8.24. The first-order valence-electron chi connectivity index (χ1n) is 6.54. The lowest BCUT2D eigenvalue weighted by Gasteiger charge is -2.18. The van der Waals surface area contributed by atoms with Gasteiger partial charge in [-0.3, -0.25) is 0 Å². The smallest absolute Gasteiger partial charge is 0.379 e. The number of hydrogen-bond donors (Lipinski definition) is 1. The van der Waals surface area contributed by atoms with Gasteiger partial charge in [-0.05, 0) is 18.1 Å². The highest BCUT2D eigenvalue weighted by molar-refractivity contribution is 5.32. The first kappa shape index (κ1) is 16.9. The molecule has 0 bridgehead atoms. The molecule has 1 aromatic rings. The average Bonchev–Trinajstić information content (AvgIpc) is 2.41. The molecule has 20 heavy (non-hydrogen) atoms. The monoisotopic (exact) mass is 291 g/mol.